The van der Waals surface area contributed by atoms with E-state index >= 15 is 0 Å². The van der Waals surface area contributed by atoms with Gasteiger partial charge < -0.3 is 70.2 Å². The first-order valence-corrected chi connectivity index (χ1v) is 41.1. The zero-order chi connectivity index (χ0) is 75.7. The number of carbonyl (C=O) groups is 7. The van der Waals surface area contributed by atoms with Crippen LogP contribution in [0.5, 0.6) is 0 Å². The van der Waals surface area contributed by atoms with Crippen molar-refractivity contribution in [2.45, 2.75) is 189 Å². The molecule has 0 amide bonds. The number of methoxy groups -OCH3 is 1. The molecule has 0 unspecified atom stereocenters. The van der Waals surface area contributed by atoms with Gasteiger partial charge in [0.25, 0.3) is 0 Å². The van der Waals surface area contributed by atoms with E-state index in [2.05, 4.69) is 88.0 Å². The molecule has 6 fully saturated rings. The second-order valence-corrected chi connectivity index (χ2v) is 39.3. The van der Waals surface area contributed by atoms with Crippen LogP contribution in [-0.4, -0.2) is 288 Å². The number of ketones is 4. The number of hydrogen-bond acceptors (Lipinski definition) is 23. The number of carbonyl (C=O) groups excluding carboxylic acids is 5. The summed E-state index contributed by atoms with van der Waals surface area (Å²) >= 11 is 0. The summed E-state index contributed by atoms with van der Waals surface area (Å²) in [5.74, 6) is -2.62. The maximum Gasteiger partial charge on any atom is 0.325 e. The van der Waals surface area contributed by atoms with Crippen LogP contribution in [0.4, 0.5) is 0 Å². The molecule has 102 heavy (non-hydrogen) atoms. The Balaban J connectivity index is 0.000000224. The summed E-state index contributed by atoms with van der Waals surface area (Å²) in [5.41, 5.74) is 2.56. The Hall–Kier alpha value is -6.20. The van der Waals surface area contributed by atoms with Gasteiger partial charge in [0.15, 0.2) is 39.8 Å². The summed E-state index contributed by atoms with van der Waals surface area (Å²) in [4.78, 5) is 88.4. The molecule has 10 rings (SSSR count). The number of esters is 1. The first kappa shape index (κ1) is 86.4. The molecule has 27 heteroatoms. The van der Waals surface area contributed by atoms with Gasteiger partial charge in [0, 0.05) is 48.4 Å². The lowest BCUT2D eigenvalue weighted by Crippen LogP contribution is -2.47. The molecule has 4 aromatic carbocycles. The fraction of sp³-hybridized carbons (Fsp3) is 0.587. The van der Waals surface area contributed by atoms with Crippen LogP contribution in [0.2, 0.25) is 36.3 Å². The van der Waals surface area contributed by atoms with Gasteiger partial charge in [-0.1, -0.05) is 163 Å². The van der Waals surface area contributed by atoms with E-state index in [-0.39, 0.29) is 83.7 Å². The maximum atomic E-state index is 12.5. The molecule has 25 nitrogen and oxygen atoms in total. The number of hydrogen-bond donors (Lipinski definition) is 11. The van der Waals surface area contributed by atoms with Crippen LogP contribution in [-0.2, 0) is 28.0 Å². The molecule has 0 bridgehead atoms. The number of Topliss-reactive ketones (excluding diaryl/α,β-unsaturated/α-hetero) is 4. The van der Waals surface area contributed by atoms with Crippen molar-refractivity contribution in [1.29, 1.82) is 0 Å². The van der Waals surface area contributed by atoms with Crippen LogP contribution in [0.15, 0.2) is 121 Å². The minimum atomic E-state index is -1.86. The van der Waals surface area contributed by atoms with Crippen LogP contribution < -0.4 is 10.6 Å². The number of ether oxygens (including phenoxy) is 1. The lowest BCUT2D eigenvalue weighted by atomic mass is 10.1. The van der Waals surface area contributed by atoms with Crippen LogP contribution in [0, 0.1) is 0 Å². The van der Waals surface area contributed by atoms with Crippen molar-refractivity contribution >= 4 is 57.7 Å². The molecule has 566 valence electrons. The Labute approximate surface area is 603 Å². The third kappa shape index (κ3) is 26.1. The minimum absolute atomic E-state index is 0.0258. The van der Waals surface area contributed by atoms with Gasteiger partial charge in [0.1, 0.15) is 18.1 Å². The van der Waals surface area contributed by atoms with E-state index in [9.17, 15) is 64.2 Å². The predicted molar refractivity (Wildman–Crippen MR) is 393 cm³/mol. The molecule has 4 aromatic rings. The highest BCUT2D eigenvalue weighted by Crippen LogP contribution is 2.38. The maximum absolute atomic E-state index is 12.5. The highest BCUT2D eigenvalue weighted by Gasteiger charge is 2.44. The smallest absolute Gasteiger partial charge is 0.325 e. The van der Waals surface area contributed by atoms with Gasteiger partial charge in [-0.15, -0.1) is 0 Å². The summed E-state index contributed by atoms with van der Waals surface area (Å²) in [6.45, 7) is 27.9. The Kier molecular flexibility index (Phi) is 34.7. The van der Waals surface area contributed by atoms with Gasteiger partial charge in [0.2, 0.25) is 0 Å². The molecule has 0 saturated carbocycles. The number of benzene rings is 4. The first-order valence-electron chi connectivity index (χ1n) is 35.3. The normalized spacial score (nSPS) is 25.4. The van der Waals surface area contributed by atoms with Gasteiger partial charge in [-0.05, 0) is 87.9 Å². The monoisotopic (exact) mass is 1460 g/mol. The SMILES string of the molecule is CC(C)(C)[Si](C)(C)OC[C@@H]1[C@@H](O)CCN1CC(=O)c1ccccc1.CC(C)(C)[Si](C)(C)OC[C@H]1NCC[C@@H]1O.COC(=O)[C@@H]1[C@@H](O)CCN1CC(=O)c1ccccc1.O=C(CN1CC[C@H](O)[C@H]1C(=O)O)c1ccccc1.O=C(CN1CC[C@H](O)[C@H]1CO)c1ccccc1.O=C(O)[C@H]1NCC[C@@H]1O. The van der Waals surface area contributed by atoms with Crippen molar-refractivity contribution in [2.24, 2.45) is 0 Å². The molecule has 6 saturated heterocycles. The highest BCUT2D eigenvalue weighted by molar-refractivity contribution is 6.74. The molecule has 0 radical (unpaired) electrons. The summed E-state index contributed by atoms with van der Waals surface area (Å²) < 4.78 is 17.0. The van der Waals surface area contributed by atoms with Crippen molar-refractivity contribution in [1.82, 2.24) is 30.2 Å². The average molecular weight is 1460 g/mol. The first-order chi connectivity index (χ1) is 48.0. The summed E-state index contributed by atoms with van der Waals surface area (Å²) in [5, 5.41) is 90.8. The van der Waals surface area contributed by atoms with Crippen LogP contribution in [0.3, 0.4) is 0 Å². The Morgan fingerprint density at radius 2 is 0.765 bits per heavy atom. The fourth-order valence-electron chi connectivity index (χ4n) is 11.9. The third-order valence-corrected chi connectivity index (χ3v) is 29.5. The summed E-state index contributed by atoms with van der Waals surface area (Å²) in [6.07, 6.45) is 0.0332. The molecule has 12 atom stereocenters. The second-order valence-electron chi connectivity index (χ2n) is 29.7. The Morgan fingerprint density at radius 3 is 1.10 bits per heavy atom. The van der Waals surface area contributed by atoms with Crippen LogP contribution in [0.1, 0.15) is 121 Å². The summed E-state index contributed by atoms with van der Waals surface area (Å²) in [7, 11) is -2.23. The van der Waals surface area contributed by atoms with E-state index in [4.69, 9.17) is 24.2 Å². The van der Waals surface area contributed by atoms with Crippen molar-refractivity contribution in [2.75, 3.05) is 92.4 Å². The molecule has 0 aliphatic carbocycles. The predicted octanol–water partition coefficient (Wildman–Crippen LogP) is 5.01. The van der Waals surface area contributed by atoms with Gasteiger partial charge >= 0.3 is 17.9 Å². The van der Waals surface area contributed by atoms with Gasteiger partial charge in [-0.25, -0.2) is 0 Å². The molecular formula is C75H114N6O19Si2. The Bertz CT molecular complexity index is 3240. The van der Waals surface area contributed by atoms with Crippen molar-refractivity contribution in [3.05, 3.63) is 144 Å². The molecule has 0 aromatic heterocycles. The highest BCUT2D eigenvalue weighted by atomic mass is 28.4. The van der Waals surface area contributed by atoms with Gasteiger partial charge in [0.05, 0.1) is 108 Å². The molecule has 11 N–H and O–H groups in total. The molecule has 6 heterocycles. The lowest BCUT2D eigenvalue weighted by Gasteiger charge is -2.38. The molecule has 6 aliphatic rings. The minimum Gasteiger partial charge on any atom is -0.480 e. The number of aliphatic hydroxyl groups excluding tert-OH is 7. The van der Waals surface area contributed by atoms with Crippen molar-refractivity contribution in [3.63, 3.8) is 0 Å². The molecule has 6 aliphatic heterocycles. The van der Waals surface area contributed by atoms with E-state index < -0.39 is 83.2 Å². The number of carboxylic acids is 2. The standard InChI is InChI=1S/C19H31NO3Si.C14H17NO4.C13H15NO4.C13H17NO3.C11H25NO2Si.C5H9NO3/c1-19(2,3)24(4,5)23-14-16-17(21)11-12-20(16)13-18(22)15-9-7-6-8-10-15;1-19-14(18)13-11(16)7-8-15(13)9-12(17)10-5-3-2-4-6-10;15-10-6-7-14(12(10)13(17)18)8-11(16)9-4-2-1-3-5-9;15-9-11-12(16)6-7-14(11)8-13(17)10-4-2-1-3-5-10;1-11(2,3)15(4,5)14-8-9-10(13)6-7-12-9;7-3-1-2-6-4(3)5(8)9/h6-10,16-17,21H,11-14H2,1-5H3;2-6,11,13,16H,7-9H2,1H3;1-5,10,12,15H,6-8H2,(H,17,18);1-5,11-12,15-16H,6-9H2;9-10,12-13H,6-8H2,1-5H3;3-4,6-7H,1-2H2,(H,8,9)/t16-,17+;11-,13-;10-,12-;11-,12+;9-,10+;3-,4-/m100110/s1. The van der Waals surface area contributed by atoms with Crippen LogP contribution in [0.25, 0.3) is 0 Å². The average Bonchev–Trinajstić information content (AvgIpc) is 1.22. The number of nitrogens with one attached hydrogen (secondary N) is 2. The van der Waals surface area contributed by atoms with Crippen LogP contribution >= 0.6 is 0 Å². The number of likely N-dealkylation sites (tertiary alicyclic amines) is 4. The van der Waals surface area contributed by atoms with E-state index in [1.54, 1.807) is 65.6 Å². The second kappa shape index (κ2) is 40.9. The number of aliphatic carboxylic acids is 2. The number of aliphatic hydroxyl groups is 7. The zero-order valence-corrected chi connectivity index (χ0v) is 63.3. The number of rotatable bonds is 22. The van der Waals surface area contributed by atoms with Gasteiger partial charge in [-0.2, -0.15) is 0 Å². The number of carboxylic acid groups (broad SMARTS) is 2. The van der Waals surface area contributed by atoms with E-state index in [0.29, 0.717) is 94.7 Å². The van der Waals surface area contributed by atoms with E-state index in [0.717, 1.165) is 25.1 Å². The molecule has 0 spiro atoms. The largest absolute Gasteiger partial charge is 0.480 e. The summed E-state index contributed by atoms with van der Waals surface area (Å²) in [6, 6.07) is 33.4. The Morgan fingerprint density at radius 1 is 0.431 bits per heavy atom. The lowest BCUT2D eigenvalue weighted by molar-refractivity contribution is -0.148. The van der Waals surface area contributed by atoms with E-state index in [1.807, 2.05) is 65.6 Å². The van der Waals surface area contributed by atoms with Gasteiger partial charge in [-0.3, -0.25) is 53.2 Å². The van der Waals surface area contributed by atoms with Crippen molar-refractivity contribution < 1.29 is 93.1 Å². The van der Waals surface area contributed by atoms with Crippen molar-refractivity contribution in [3.8, 4) is 0 Å². The topological polar surface area (TPSA) is 366 Å². The number of nitrogens with zero attached hydrogens (tertiary/aromatic N) is 4. The quantitative estimate of drug-likeness (QED) is 0.0280. The fourth-order valence-corrected chi connectivity index (χ4v) is 14.0. The van der Waals surface area contributed by atoms with E-state index in [1.165, 1.54) is 12.0 Å². The molecular weight excluding hydrogens is 1350 g/mol. The zero-order valence-electron chi connectivity index (χ0n) is 61.3. The third-order valence-electron chi connectivity index (χ3n) is 20.5.